The summed E-state index contributed by atoms with van der Waals surface area (Å²) in [5.74, 6) is -0.168. The zero-order valence-corrected chi connectivity index (χ0v) is 19.3. The van der Waals surface area contributed by atoms with Gasteiger partial charge in [0, 0.05) is 25.2 Å². The Morgan fingerprint density at radius 2 is 1.88 bits per heavy atom. The van der Waals surface area contributed by atoms with Crippen LogP contribution in [-0.2, 0) is 18.4 Å². The third-order valence-corrected chi connectivity index (χ3v) is 6.09. The predicted octanol–water partition coefficient (Wildman–Crippen LogP) is 1.18. The topological polar surface area (TPSA) is 120 Å². The molecule has 2 amide bonds. The van der Waals surface area contributed by atoms with Crippen LogP contribution in [-0.4, -0.2) is 43.1 Å². The minimum absolute atomic E-state index is 0.114. The van der Waals surface area contributed by atoms with Crippen LogP contribution in [0.1, 0.15) is 56.3 Å². The van der Waals surface area contributed by atoms with Crippen molar-refractivity contribution >= 4 is 28.5 Å². The Morgan fingerprint density at radius 1 is 1.15 bits per heavy atom. The van der Waals surface area contributed by atoms with E-state index < -0.39 is 5.69 Å². The van der Waals surface area contributed by atoms with Gasteiger partial charge >= 0.3 is 5.69 Å². The molecule has 0 bridgehead atoms. The average molecular weight is 455 g/mol. The first-order valence-electron chi connectivity index (χ1n) is 11.5. The van der Waals surface area contributed by atoms with E-state index in [1.54, 1.807) is 12.1 Å². The molecule has 0 radical (unpaired) electrons. The lowest BCUT2D eigenvalue weighted by Gasteiger charge is -2.22. The van der Waals surface area contributed by atoms with Crippen LogP contribution < -0.4 is 21.9 Å². The second-order valence-corrected chi connectivity index (χ2v) is 9.18. The van der Waals surface area contributed by atoms with Crippen molar-refractivity contribution in [1.29, 1.82) is 0 Å². The summed E-state index contributed by atoms with van der Waals surface area (Å²) in [4.78, 5) is 51.2. The number of aromatic nitrogens is 4. The number of nitrogens with zero attached hydrogens (tertiary/aromatic N) is 4. The van der Waals surface area contributed by atoms with Crippen molar-refractivity contribution in [3.63, 3.8) is 0 Å². The molecule has 10 heteroatoms. The smallest absolute Gasteiger partial charge is 0.352 e. The van der Waals surface area contributed by atoms with E-state index in [9.17, 15) is 19.2 Å². The molecular weight excluding hydrogens is 424 g/mol. The Labute approximate surface area is 190 Å². The van der Waals surface area contributed by atoms with Crippen LogP contribution in [0, 0.1) is 5.92 Å². The quantitative estimate of drug-likeness (QED) is 0.580. The summed E-state index contributed by atoms with van der Waals surface area (Å²) in [6, 6.07) is 4.75. The van der Waals surface area contributed by atoms with Crippen molar-refractivity contribution in [3.8, 4) is 0 Å². The summed E-state index contributed by atoms with van der Waals surface area (Å²) in [7, 11) is 1.53. The van der Waals surface area contributed by atoms with Gasteiger partial charge in [0.25, 0.3) is 11.5 Å². The minimum atomic E-state index is -0.538. The Balaban J connectivity index is 1.72. The molecule has 1 saturated carbocycles. The third kappa shape index (κ3) is 4.55. The number of carbonyl (C=O) groups excluding carboxylic acids is 2. The van der Waals surface area contributed by atoms with E-state index in [-0.39, 0.29) is 47.2 Å². The van der Waals surface area contributed by atoms with Gasteiger partial charge in [-0.25, -0.2) is 13.9 Å². The van der Waals surface area contributed by atoms with E-state index in [1.807, 2.05) is 13.8 Å². The molecule has 1 aliphatic rings. The molecule has 2 heterocycles. The number of hydrogen-bond acceptors (Lipinski definition) is 5. The third-order valence-electron chi connectivity index (χ3n) is 6.09. The molecule has 2 aromatic heterocycles. The van der Waals surface area contributed by atoms with Gasteiger partial charge in [0.1, 0.15) is 6.54 Å². The van der Waals surface area contributed by atoms with Crippen LogP contribution in [0.15, 0.2) is 27.8 Å². The fraction of sp³-hybridized carbons (Fsp3) is 0.522. The zero-order valence-electron chi connectivity index (χ0n) is 19.3. The van der Waals surface area contributed by atoms with Crippen LogP contribution in [0.4, 0.5) is 0 Å². The first-order chi connectivity index (χ1) is 15.8. The molecule has 0 unspecified atom stereocenters. The molecule has 0 atom stereocenters. The van der Waals surface area contributed by atoms with Crippen LogP contribution in [0.3, 0.4) is 0 Å². The van der Waals surface area contributed by atoms with Gasteiger partial charge in [-0.3, -0.25) is 19.0 Å². The molecule has 0 spiro atoms. The van der Waals surface area contributed by atoms with Crippen molar-refractivity contribution in [2.24, 2.45) is 13.0 Å². The van der Waals surface area contributed by atoms with Crippen molar-refractivity contribution in [3.05, 3.63) is 44.6 Å². The number of fused-ring (bicyclic) bond motifs is 3. The van der Waals surface area contributed by atoms with E-state index in [4.69, 9.17) is 0 Å². The highest BCUT2D eigenvalue weighted by atomic mass is 16.2. The monoisotopic (exact) mass is 454 g/mol. The summed E-state index contributed by atoms with van der Waals surface area (Å²) >= 11 is 0. The van der Waals surface area contributed by atoms with Gasteiger partial charge < -0.3 is 10.6 Å². The highest BCUT2D eigenvalue weighted by molar-refractivity contribution is 5.98. The van der Waals surface area contributed by atoms with Gasteiger partial charge in [-0.2, -0.15) is 0 Å². The fourth-order valence-electron chi connectivity index (χ4n) is 4.29. The molecule has 176 valence electrons. The van der Waals surface area contributed by atoms with Crippen LogP contribution >= 0.6 is 0 Å². The molecule has 2 N–H and O–H groups in total. The van der Waals surface area contributed by atoms with Gasteiger partial charge in [0.2, 0.25) is 11.7 Å². The van der Waals surface area contributed by atoms with Gasteiger partial charge in [-0.15, -0.1) is 5.10 Å². The van der Waals surface area contributed by atoms with E-state index in [0.29, 0.717) is 17.5 Å². The summed E-state index contributed by atoms with van der Waals surface area (Å²) in [6.07, 6.45) is 5.22. The van der Waals surface area contributed by atoms with E-state index in [2.05, 4.69) is 15.7 Å². The highest BCUT2D eigenvalue weighted by Gasteiger charge is 2.20. The Morgan fingerprint density at radius 3 is 2.58 bits per heavy atom. The van der Waals surface area contributed by atoms with Gasteiger partial charge in [0.05, 0.1) is 10.9 Å². The average Bonchev–Trinajstić information content (AvgIpc) is 3.12. The predicted molar refractivity (Wildman–Crippen MR) is 124 cm³/mol. The Hall–Kier alpha value is -3.43. The molecule has 0 aliphatic heterocycles. The molecule has 1 fully saturated rings. The standard InChI is InChI=1S/C23H30N6O4/c1-14(2)12-24-20(31)15-9-10-17-18(11-15)29-22(27(3)21(17)32)26-28(23(29)33)13-19(30)25-16-7-5-4-6-8-16/h9-11,14,16H,4-8,12-13H2,1-3H3,(H,24,31)(H,25,30). The number of benzene rings is 1. The summed E-state index contributed by atoms with van der Waals surface area (Å²) < 4.78 is 3.62. The number of aryl methyl sites for hydroxylation is 1. The van der Waals surface area contributed by atoms with Crippen LogP contribution in [0.25, 0.3) is 16.7 Å². The van der Waals surface area contributed by atoms with Crippen LogP contribution in [0.2, 0.25) is 0 Å². The summed E-state index contributed by atoms with van der Waals surface area (Å²) in [5, 5.41) is 10.4. The van der Waals surface area contributed by atoms with E-state index in [1.165, 1.54) is 28.5 Å². The van der Waals surface area contributed by atoms with Gasteiger partial charge in [-0.1, -0.05) is 33.1 Å². The largest absolute Gasteiger partial charge is 0.352 e. The van der Waals surface area contributed by atoms with Gasteiger partial charge in [-0.05, 0) is 37.0 Å². The number of amides is 2. The Bertz CT molecular complexity index is 1330. The lowest BCUT2D eigenvalue weighted by Crippen LogP contribution is -2.40. The minimum Gasteiger partial charge on any atom is -0.352 e. The maximum Gasteiger partial charge on any atom is 0.352 e. The molecule has 1 aliphatic carbocycles. The molecule has 4 rings (SSSR count). The van der Waals surface area contributed by atoms with Gasteiger partial charge in [0.15, 0.2) is 0 Å². The number of hydrogen-bond donors (Lipinski definition) is 2. The zero-order chi connectivity index (χ0) is 23.7. The van der Waals surface area contributed by atoms with E-state index in [0.717, 1.165) is 30.4 Å². The number of carbonyl (C=O) groups is 2. The normalized spacial score (nSPS) is 14.8. The second kappa shape index (κ2) is 9.21. The van der Waals surface area contributed by atoms with Crippen LogP contribution in [0.5, 0.6) is 0 Å². The van der Waals surface area contributed by atoms with Crippen molar-refractivity contribution in [1.82, 2.24) is 29.4 Å². The molecular formula is C23H30N6O4. The van der Waals surface area contributed by atoms with Crippen molar-refractivity contribution in [2.45, 2.75) is 58.5 Å². The number of rotatable bonds is 6. The SMILES string of the molecule is CC(C)CNC(=O)c1ccc2c(=O)n(C)c3nn(CC(=O)NC4CCCCC4)c(=O)n3c2c1. The van der Waals surface area contributed by atoms with Crippen molar-refractivity contribution < 1.29 is 9.59 Å². The summed E-state index contributed by atoms with van der Waals surface area (Å²) in [6.45, 7) is 4.26. The highest BCUT2D eigenvalue weighted by Crippen LogP contribution is 2.17. The maximum atomic E-state index is 13.2. The number of nitrogens with one attached hydrogen (secondary N) is 2. The first kappa shape index (κ1) is 22.8. The molecule has 10 nitrogen and oxygen atoms in total. The first-order valence-corrected chi connectivity index (χ1v) is 11.5. The second-order valence-electron chi connectivity index (χ2n) is 9.18. The maximum absolute atomic E-state index is 13.2. The molecule has 3 aromatic rings. The summed E-state index contributed by atoms with van der Waals surface area (Å²) in [5.41, 5.74) is -0.249. The lowest BCUT2D eigenvalue weighted by molar-refractivity contribution is -0.122. The molecule has 33 heavy (non-hydrogen) atoms. The Kier molecular flexibility index (Phi) is 6.35. The fourth-order valence-corrected chi connectivity index (χ4v) is 4.29. The molecule has 0 saturated heterocycles. The molecule has 1 aromatic carbocycles. The van der Waals surface area contributed by atoms with E-state index >= 15 is 0 Å². The lowest BCUT2D eigenvalue weighted by atomic mass is 9.95. The van der Waals surface area contributed by atoms with Crippen molar-refractivity contribution in [2.75, 3.05) is 6.54 Å².